The van der Waals surface area contributed by atoms with E-state index in [1.807, 2.05) is 17.5 Å². The van der Waals surface area contributed by atoms with Crippen LogP contribution in [0.4, 0.5) is 0 Å². The summed E-state index contributed by atoms with van der Waals surface area (Å²) in [6.07, 6.45) is 0. The fraction of sp³-hybridized carbons (Fsp3) is 0.308. The minimum atomic E-state index is 0.523. The molecule has 0 saturated heterocycles. The highest BCUT2D eigenvalue weighted by molar-refractivity contribution is 9.10. The monoisotopic (exact) mass is 343 g/mol. The molecule has 0 aliphatic heterocycles. The lowest BCUT2D eigenvalue weighted by Gasteiger charge is -2.10. The van der Waals surface area contributed by atoms with Crippen LogP contribution in [-0.2, 0) is 11.3 Å². The van der Waals surface area contributed by atoms with Gasteiger partial charge in [-0.05, 0) is 28.1 Å². The summed E-state index contributed by atoms with van der Waals surface area (Å²) in [6.45, 7) is 0.523. The van der Waals surface area contributed by atoms with Crippen LogP contribution in [0, 0.1) is 0 Å². The van der Waals surface area contributed by atoms with Crippen molar-refractivity contribution in [2.75, 3.05) is 21.3 Å². The molecule has 0 saturated carbocycles. The van der Waals surface area contributed by atoms with Gasteiger partial charge in [0.25, 0.3) is 0 Å². The molecule has 0 aliphatic rings. The third-order valence-electron chi connectivity index (χ3n) is 2.57. The molecule has 2 aromatic rings. The molecule has 0 bridgehead atoms. The second-order valence-corrected chi connectivity index (χ2v) is 5.54. The largest absolute Gasteiger partial charge is 0.493 e. The summed E-state index contributed by atoms with van der Waals surface area (Å²) < 4.78 is 16.6. The SMILES string of the molecule is COCc1nc(-c2cc(OC)c(OC)cc2Br)cs1. The Bertz CT molecular complexity index is 571. The van der Waals surface area contributed by atoms with Crippen LogP contribution in [-0.4, -0.2) is 26.3 Å². The summed E-state index contributed by atoms with van der Waals surface area (Å²) in [7, 11) is 4.89. The number of nitrogens with zero attached hydrogens (tertiary/aromatic N) is 1. The zero-order valence-electron chi connectivity index (χ0n) is 10.9. The van der Waals surface area contributed by atoms with Gasteiger partial charge in [0.15, 0.2) is 11.5 Å². The van der Waals surface area contributed by atoms with E-state index < -0.39 is 0 Å². The molecular formula is C13H14BrNO3S. The zero-order chi connectivity index (χ0) is 13.8. The number of aromatic nitrogens is 1. The minimum absolute atomic E-state index is 0.523. The molecule has 6 heteroatoms. The summed E-state index contributed by atoms with van der Waals surface area (Å²) in [4.78, 5) is 4.53. The average Bonchev–Trinajstić information content (AvgIpc) is 2.87. The van der Waals surface area contributed by atoms with E-state index in [1.54, 1.807) is 32.7 Å². The van der Waals surface area contributed by atoms with Gasteiger partial charge in [-0.2, -0.15) is 0 Å². The first-order chi connectivity index (χ1) is 9.19. The number of rotatable bonds is 5. The van der Waals surface area contributed by atoms with Gasteiger partial charge in [0.2, 0.25) is 0 Å². The van der Waals surface area contributed by atoms with E-state index in [0.717, 1.165) is 20.7 Å². The predicted octanol–water partition coefficient (Wildman–Crippen LogP) is 3.74. The number of hydrogen-bond acceptors (Lipinski definition) is 5. The second kappa shape index (κ2) is 6.36. The Morgan fingerprint density at radius 1 is 1.16 bits per heavy atom. The summed E-state index contributed by atoms with van der Waals surface area (Å²) in [5.41, 5.74) is 1.86. The number of methoxy groups -OCH3 is 3. The van der Waals surface area contributed by atoms with Crippen LogP contribution in [0.1, 0.15) is 5.01 Å². The number of benzene rings is 1. The quantitative estimate of drug-likeness (QED) is 0.829. The molecule has 102 valence electrons. The summed E-state index contributed by atoms with van der Waals surface area (Å²) in [5.74, 6) is 1.37. The first-order valence-corrected chi connectivity index (χ1v) is 7.22. The van der Waals surface area contributed by atoms with E-state index in [4.69, 9.17) is 14.2 Å². The van der Waals surface area contributed by atoms with E-state index in [9.17, 15) is 0 Å². The van der Waals surface area contributed by atoms with E-state index in [0.29, 0.717) is 18.1 Å². The molecule has 0 N–H and O–H groups in total. The van der Waals surface area contributed by atoms with Crippen LogP contribution in [0.3, 0.4) is 0 Å². The van der Waals surface area contributed by atoms with Gasteiger partial charge in [-0.15, -0.1) is 11.3 Å². The lowest BCUT2D eigenvalue weighted by molar-refractivity contribution is 0.184. The zero-order valence-corrected chi connectivity index (χ0v) is 13.3. The van der Waals surface area contributed by atoms with Crippen LogP contribution in [0.2, 0.25) is 0 Å². The van der Waals surface area contributed by atoms with Crippen LogP contribution in [0.5, 0.6) is 11.5 Å². The Hall–Kier alpha value is -1.11. The van der Waals surface area contributed by atoms with Crippen molar-refractivity contribution < 1.29 is 14.2 Å². The number of ether oxygens (including phenoxy) is 3. The number of halogens is 1. The fourth-order valence-electron chi connectivity index (χ4n) is 1.67. The third kappa shape index (κ3) is 3.08. The first kappa shape index (κ1) is 14.3. The minimum Gasteiger partial charge on any atom is -0.493 e. The summed E-state index contributed by atoms with van der Waals surface area (Å²) in [5, 5.41) is 2.94. The van der Waals surface area contributed by atoms with Crippen molar-refractivity contribution in [3.8, 4) is 22.8 Å². The van der Waals surface area contributed by atoms with E-state index >= 15 is 0 Å². The molecule has 19 heavy (non-hydrogen) atoms. The molecule has 0 unspecified atom stereocenters. The fourth-order valence-corrected chi connectivity index (χ4v) is 2.96. The number of thiazole rings is 1. The third-order valence-corrected chi connectivity index (χ3v) is 4.05. The lowest BCUT2D eigenvalue weighted by Crippen LogP contribution is -1.92. The Morgan fingerprint density at radius 3 is 2.47 bits per heavy atom. The van der Waals surface area contributed by atoms with Gasteiger partial charge in [0, 0.05) is 22.5 Å². The lowest BCUT2D eigenvalue weighted by atomic mass is 10.1. The molecule has 0 spiro atoms. The van der Waals surface area contributed by atoms with Gasteiger partial charge < -0.3 is 14.2 Å². The smallest absolute Gasteiger partial charge is 0.161 e. The highest BCUT2D eigenvalue weighted by Gasteiger charge is 2.13. The van der Waals surface area contributed by atoms with Crippen molar-refractivity contribution in [2.24, 2.45) is 0 Å². The van der Waals surface area contributed by atoms with Crippen molar-refractivity contribution in [3.05, 3.63) is 27.0 Å². The van der Waals surface area contributed by atoms with Crippen molar-refractivity contribution in [1.29, 1.82) is 0 Å². The molecule has 1 aromatic heterocycles. The highest BCUT2D eigenvalue weighted by atomic mass is 79.9. The summed E-state index contributed by atoms with van der Waals surface area (Å²) >= 11 is 5.11. The molecule has 4 nitrogen and oxygen atoms in total. The van der Waals surface area contributed by atoms with Crippen molar-refractivity contribution in [3.63, 3.8) is 0 Å². The van der Waals surface area contributed by atoms with Gasteiger partial charge in [-0.3, -0.25) is 0 Å². The molecule has 0 radical (unpaired) electrons. The van der Waals surface area contributed by atoms with Gasteiger partial charge in [0.1, 0.15) is 5.01 Å². The van der Waals surface area contributed by atoms with Crippen molar-refractivity contribution >= 4 is 27.3 Å². The van der Waals surface area contributed by atoms with Crippen LogP contribution < -0.4 is 9.47 Å². The van der Waals surface area contributed by atoms with Crippen LogP contribution in [0.25, 0.3) is 11.3 Å². The highest BCUT2D eigenvalue weighted by Crippen LogP contribution is 2.38. The normalized spacial score (nSPS) is 10.5. The van der Waals surface area contributed by atoms with Crippen molar-refractivity contribution in [2.45, 2.75) is 6.61 Å². The maximum Gasteiger partial charge on any atom is 0.161 e. The predicted molar refractivity (Wildman–Crippen MR) is 79.1 cm³/mol. The van der Waals surface area contributed by atoms with Crippen LogP contribution in [0.15, 0.2) is 22.0 Å². The molecule has 1 heterocycles. The van der Waals surface area contributed by atoms with E-state index in [2.05, 4.69) is 20.9 Å². The van der Waals surface area contributed by atoms with Gasteiger partial charge >= 0.3 is 0 Å². The molecule has 1 aromatic carbocycles. The first-order valence-electron chi connectivity index (χ1n) is 5.54. The number of hydrogen-bond donors (Lipinski definition) is 0. The van der Waals surface area contributed by atoms with E-state index in [1.165, 1.54) is 0 Å². The topological polar surface area (TPSA) is 40.6 Å². The Balaban J connectivity index is 2.42. The van der Waals surface area contributed by atoms with Gasteiger partial charge in [-0.25, -0.2) is 4.98 Å². The van der Waals surface area contributed by atoms with Crippen LogP contribution >= 0.6 is 27.3 Å². The van der Waals surface area contributed by atoms with Gasteiger partial charge in [0.05, 0.1) is 26.5 Å². The van der Waals surface area contributed by atoms with E-state index in [-0.39, 0.29) is 0 Å². The molecule has 0 fully saturated rings. The van der Waals surface area contributed by atoms with Crippen molar-refractivity contribution in [1.82, 2.24) is 4.98 Å². The summed E-state index contributed by atoms with van der Waals surface area (Å²) in [6, 6.07) is 3.79. The molecular weight excluding hydrogens is 330 g/mol. The van der Waals surface area contributed by atoms with Gasteiger partial charge in [-0.1, -0.05) is 0 Å². The maximum absolute atomic E-state index is 5.31. The standard InChI is InChI=1S/C13H14BrNO3S/c1-16-6-13-15-10(7-19-13)8-4-11(17-2)12(18-3)5-9(8)14/h4-5,7H,6H2,1-3H3. The maximum atomic E-state index is 5.31. The molecule has 2 rings (SSSR count). The average molecular weight is 344 g/mol. The Labute approximate surface area is 124 Å². The second-order valence-electron chi connectivity index (χ2n) is 3.75. The molecule has 0 amide bonds. The molecule has 0 atom stereocenters. The molecule has 0 aliphatic carbocycles. The Kier molecular flexibility index (Phi) is 4.79. The Morgan fingerprint density at radius 2 is 1.84 bits per heavy atom.